The zero-order valence-electron chi connectivity index (χ0n) is 11.9. The molecule has 6 heteroatoms. The molecule has 0 aliphatic heterocycles. The monoisotopic (exact) mass is 363 g/mol. The number of hydrogen-bond acceptors (Lipinski definition) is 3. The molecule has 0 saturated carbocycles. The highest BCUT2D eigenvalue weighted by atomic mass is 79.9. The summed E-state index contributed by atoms with van der Waals surface area (Å²) >= 11 is 3.32. The number of nitrogens with one attached hydrogen (secondary N) is 1. The van der Waals surface area contributed by atoms with Gasteiger partial charge in [0.2, 0.25) is 10.0 Å². The standard InChI is InChI=1S/C14H22BrNO3S/c1-12(13-6-4-3-5-7-13)11-20(17,18)16-14(8-9-15)10-19-2/h3-7,12,14,16H,8-11H2,1-2H3. The lowest BCUT2D eigenvalue weighted by Gasteiger charge is -2.19. The van der Waals surface area contributed by atoms with Crippen LogP contribution in [0.4, 0.5) is 0 Å². The Morgan fingerprint density at radius 1 is 1.30 bits per heavy atom. The minimum Gasteiger partial charge on any atom is -0.383 e. The molecule has 1 N–H and O–H groups in total. The third-order valence-corrected chi connectivity index (χ3v) is 5.10. The maximum Gasteiger partial charge on any atom is 0.212 e. The molecule has 1 aromatic carbocycles. The Morgan fingerprint density at radius 3 is 2.50 bits per heavy atom. The second kappa shape index (κ2) is 8.77. The fourth-order valence-electron chi connectivity index (χ4n) is 2.02. The molecule has 20 heavy (non-hydrogen) atoms. The lowest BCUT2D eigenvalue weighted by atomic mass is 10.0. The van der Waals surface area contributed by atoms with Crippen molar-refractivity contribution in [1.29, 1.82) is 0 Å². The van der Waals surface area contributed by atoms with E-state index in [0.717, 1.165) is 10.9 Å². The molecule has 0 amide bonds. The van der Waals surface area contributed by atoms with Crippen molar-refractivity contribution in [3.63, 3.8) is 0 Å². The van der Waals surface area contributed by atoms with E-state index >= 15 is 0 Å². The van der Waals surface area contributed by atoms with E-state index in [9.17, 15) is 8.42 Å². The Hall–Kier alpha value is -0.430. The van der Waals surface area contributed by atoms with Crippen molar-refractivity contribution >= 4 is 26.0 Å². The number of benzene rings is 1. The van der Waals surface area contributed by atoms with E-state index < -0.39 is 10.0 Å². The SMILES string of the molecule is COCC(CCBr)NS(=O)(=O)CC(C)c1ccccc1. The quantitative estimate of drug-likeness (QED) is 0.685. The van der Waals surface area contributed by atoms with E-state index in [1.54, 1.807) is 7.11 Å². The Morgan fingerprint density at radius 2 is 1.95 bits per heavy atom. The van der Waals surface area contributed by atoms with Gasteiger partial charge in [-0.3, -0.25) is 0 Å². The highest BCUT2D eigenvalue weighted by Crippen LogP contribution is 2.16. The largest absolute Gasteiger partial charge is 0.383 e. The molecule has 0 spiro atoms. The van der Waals surface area contributed by atoms with Crippen molar-refractivity contribution in [1.82, 2.24) is 4.72 Å². The highest BCUT2D eigenvalue weighted by molar-refractivity contribution is 9.09. The summed E-state index contributed by atoms with van der Waals surface area (Å²) in [6.45, 7) is 2.30. The minimum atomic E-state index is -3.32. The van der Waals surface area contributed by atoms with Crippen LogP contribution in [0.2, 0.25) is 0 Å². The van der Waals surface area contributed by atoms with Crippen LogP contribution in [0.25, 0.3) is 0 Å². The molecule has 0 bridgehead atoms. The van der Waals surface area contributed by atoms with E-state index in [1.807, 2.05) is 37.3 Å². The topological polar surface area (TPSA) is 55.4 Å². The molecule has 0 aliphatic carbocycles. The predicted octanol–water partition coefficient (Wildman–Crippen LogP) is 2.51. The summed E-state index contributed by atoms with van der Waals surface area (Å²) < 4.78 is 32.1. The summed E-state index contributed by atoms with van der Waals surface area (Å²) in [5, 5.41) is 0.734. The maximum atomic E-state index is 12.2. The van der Waals surface area contributed by atoms with Crippen molar-refractivity contribution in [3.8, 4) is 0 Å². The molecule has 2 unspecified atom stereocenters. The van der Waals surface area contributed by atoms with Crippen LogP contribution in [-0.2, 0) is 14.8 Å². The molecule has 1 rings (SSSR count). The van der Waals surface area contributed by atoms with Gasteiger partial charge in [-0.05, 0) is 17.9 Å². The Bertz CT molecular complexity index is 472. The van der Waals surface area contributed by atoms with Gasteiger partial charge in [0.1, 0.15) is 0 Å². The van der Waals surface area contributed by atoms with Gasteiger partial charge in [0.05, 0.1) is 12.4 Å². The first-order valence-corrected chi connectivity index (χ1v) is 9.35. The van der Waals surface area contributed by atoms with Crippen molar-refractivity contribution in [3.05, 3.63) is 35.9 Å². The number of sulfonamides is 1. The second-order valence-electron chi connectivity index (χ2n) is 4.84. The molecule has 0 aliphatic rings. The maximum absolute atomic E-state index is 12.2. The van der Waals surface area contributed by atoms with Gasteiger partial charge in [-0.1, -0.05) is 53.2 Å². The zero-order chi connectivity index (χ0) is 15.0. The predicted molar refractivity (Wildman–Crippen MR) is 85.9 cm³/mol. The first-order valence-electron chi connectivity index (χ1n) is 6.58. The fraction of sp³-hybridized carbons (Fsp3) is 0.571. The van der Waals surface area contributed by atoms with Gasteiger partial charge in [-0.2, -0.15) is 0 Å². The third-order valence-electron chi connectivity index (χ3n) is 3.01. The van der Waals surface area contributed by atoms with Crippen LogP contribution in [0.5, 0.6) is 0 Å². The smallest absolute Gasteiger partial charge is 0.212 e. The summed E-state index contributed by atoms with van der Waals surface area (Å²) in [4.78, 5) is 0. The van der Waals surface area contributed by atoms with Gasteiger partial charge in [0.25, 0.3) is 0 Å². The van der Waals surface area contributed by atoms with Crippen LogP contribution < -0.4 is 4.72 Å². The van der Waals surface area contributed by atoms with Crippen molar-refractivity contribution in [2.75, 3.05) is 24.8 Å². The van der Waals surface area contributed by atoms with Crippen molar-refractivity contribution < 1.29 is 13.2 Å². The van der Waals surface area contributed by atoms with Gasteiger partial charge in [0, 0.05) is 18.5 Å². The number of halogens is 1. The van der Waals surface area contributed by atoms with Gasteiger partial charge in [-0.25, -0.2) is 13.1 Å². The molecule has 1 aromatic rings. The van der Waals surface area contributed by atoms with Crippen LogP contribution in [-0.4, -0.2) is 39.3 Å². The number of rotatable bonds is 9. The first kappa shape index (κ1) is 17.6. The lowest BCUT2D eigenvalue weighted by molar-refractivity contribution is 0.173. The van der Waals surface area contributed by atoms with Crippen molar-refractivity contribution in [2.24, 2.45) is 0 Å². The third kappa shape index (κ3) is 6.35. The van der Waals surface area contributed by atoms with Gasteiger partial charge >= 0.3 is 0 Å². The molecule has 0 heterocycles. The zero-order valence-corrected chi connectivity index (χ0v) is 14.3. The van der Waals surface area contributed by atoms with E-state index in [-0.39, 0.29) is 17.7 Å². The average Bonchev–Trinajstić information content (AvgIpc) is 2.39. The molecular weight excluding hydrogens is 342 g/mol. The molecule has 0 radical (unpaired) electrons. The first-order chi connectivity index (χ1) is 9.48. The number of methoxy groups -OCH3 is 1. The van der Waals surface area contributed by atoms with Crippen LogP contribution in [0.3, 0.4) is 0 Å². The average molecular weight is 364 g/mol. The molecule has 0 fully saturated rings. The van der Waals surface area contributed by atoms with E-state index in [1.165, 1.54) is 0 Å². The number of hydrogen-bond donors (Lipinski definition) is 1. The van der Waals surface area contributed by atoms with Gasteiger partial charge in [0.15, 0.2) is 0 Å². The summed E-state index contributed by atoms with van der Waals surface area (Å²) in [6.07, 6.45) is 0.701. The van der Waals surface area contributed by atoms with Crippen LogP contribution in [0, 0.1) is 0 Å². The summed E-state index contributed by atoms with van der Waals surface area (Å²) in [5.41, 5.74) is 1.03. The second-order valence-corrected chi connectivity index (χ2v) is 7.43. The van der Waals surface area contributed by atoms with Crippen LogP contribution in [0.1, 0.15) is 24.8 Å². The van der Waals surface area contributed by atoms with Gasteiger partial charge < -0.3 is 4.74 Å². The minimum absolute atomic E-state index is 0.0409. The Kier molecular flexibility index (Phi) is 7.72. The van der Waals surface area contributed by atoms with E-state index in [2.05, 4.69) is 20.7 Å². The highest BCUT2D eigenvalue weighted by Gasteiger charge is 2.21. The summed E-state index contributed by atoms with van der Waals surface area (Å²) in [6, 6.07) is 9.48. The molecule has 114 valence electrons. The number of alkyl halides is 1. The Labute approximate surface area is 130 Å². The van der Waals surface area contributed by atoms with Crippen LogP contribution >= 0.6 is 15.9 Å². The Balaban J connectivity index is 2.64. The van der Waals surface area contributed by atoms with E-state index in [4.69, 9.17) is 4.74 Å². The lowest BCUT2D eigenvalue weighted by Crippen LogP contribution is -2.40. The summed E-state index contributed by atoms with van der Waals surface area (Å²) in [5.74, 6) is 0.0420. The molecule has 4 nitrogen and oxygen atoms in total. The van der Waals surface area contributed by atoms with Crippen molar-refractivity contribution in [2.45, 2.75) is 25.3 Å². The fourth-order valence-corrected chi connectivity index (χ4v) is 4.21. The van der Waals surface area contributed by atoms with E-state index in [0.29, 0.717) is 13.0 Å². The number of ether oxygens (including phenoxy) is 1. The normalized spacial score (nSPS) is 14.9. The molecular formula is C14H22BrNO3S. The summed E-state index contributed by atoms with van der Waals surface area (Å²) in [7, 11) is -1.75. The molecule has 0 aromatic heterocycles. The van der Waals surface area contributed by atoms with Crippen LogP contribution in [0.15, 0.2) is 30.3 Å². The molecule has 0 saturated heterocycles. The molecule has 2 atom stereocenters. The van der Waals surface area contributed by atoms with Gasteiger partial charge in [-0.15, -0.1) is 0 Å².